The summed E-state index contributed by atoms with van der Waals surface area (Å²) in [4.78, 5) is 18.1. The van der Waals surface area contributed by atoms with Crippen LogP contribution in [0.1, 0.15) is 34.1 Å². The van der Waals surface area contributed by atoms with Crippen LogP contribution in [-0.2, 0) is 4.74 Å². The van der Waals surface area contributed by atoms with Gasteiger partial charge in [0.25, 0.3) is 0 Å². The Morgan fingerprint density at radius 3 is 2.29 bits per heavy atom. The molecule has 4 rings (SSSR count). The van der Waals surface area contributed by atoms with Gasteiger partial charge in [0.2, 0.25) is 0 Å². The van der Waals surface area contributed by atoms with Crippen molar-refractivity contribution < 1.29 is 14.3 Å². The van der Waals surface area contributed by atoms with E-state index in [0.717, 1.165) is 27.9 Å². The number of carbonyl (C=O) groups excluding carboxylic acids is 1. The number of nitrogens with zero attached hydrogens (tertiary/aromatic N) is 2. The number of ether oxygens (including phenoxy) is 2. The predicted molar refractivity (Wildman–Crippen MR) is 141 cm³/mol. The number of halogens is 2. The van der Waals surface area contributed by atoms with E-state index in [1.54, 1.807) is 32.2 Å². The van der Waals surface area contributed by atoms with E-state index in [2.05, 4.69) is 13.0 Å². The third-order valence-corrected chi connectivity index (χ3v) is 6.41. The number of rotatable bonds is 6. The van der Waals surface area contributed by atoms with E-state index in [9.17, 15) is 4.79 Å². The third-order valence-electron chi connectivity index (χ3n) is 5.94. The molecule has 35 heavy (non-hydrogen) atoms. The molecule has 1 heterocycles. The standard InChI is InChI=1S/C28H26Cl2N2O3/c1-6-35-28(33)25-26(22-14-20(29)11-12-24(22)34-5)32(23-15-21(30)10-8-17(23)3)27(31-25)19-9-7-16(2)18(4)13-19/h7-15H,6H2,1-5H3. The maximum atomic E-state index is 13.2. The van der Waals surface area contributed by atoms with Crippen LogP contribution in [0.15, 0.2) is 54.6 Å². The summed E-state index contributed by atoms with van der Waals surface area (Å²) in [5.74, 6) is 0.596. The van der Waals surface area contributed by atoms with Crippen molar-refractivity contribution in [2.75, 3.05) is 13.7 Å². The minimum absolute atomic E-state index is 0.167. The van der Waals surface area contributed by atoms with E-state index in [1.165, 1.54) is 0 Å². The molecule has 0 unspecified atom stereocenters. The second kappa shape index (κ2) is 10.1. The van der Waals surface area contributed by atoms with Gasteiger partial charge < -0.3 is 9.47 Å². The van der Waals surface area contributed by atoms with Gasteiger partial charge in [-0.15, -0.1) is 0 Å². The molecule has 0 fully saturated rings. The average molecular weight is 509 g/mol. The fraction of sp³-hybridized carbons (Fsp3) is 0.214. The molecule has 0 aliphatic rings. The van der Waals surface area contributed by atoms with E-state index in [0.29, 0.717) is 32.9 Å². The molecule has 0 spiro atoms. The van der Waals surface area contributed by atoms with Crippen LogP contribution in [0.4, 0.5) is 0 Å². The fourth-order valence-electron chi connectivity index (χ4n) is 4.01. The lowest BCUT2D eigenvalue weighted by Crippen LogP contribution is -2.09. The molecule has 0 bridgehead atoms. The zero-order valence-electron chi connectivity index (χ0n) is 20.3. The van der Waals surface area contributed by atoms with Gasteiger partial charge in [0.05, 0.1) is 25.1 Å². The van der Waals surface area contributed by atoms with Crippen molar-refractivity contribution in [1.29, 1.82) is 0 Å². The lowest BCUT2D eigenvalue weighted by atomic mass is 10.0. The topological polar surface area (TPSA) is 53.3 Å². The first-order valence-electron chi connectivity index (χ1n) is 11.2. The molecule has 0 atom stereocenters. The molecule has 7 heteroatoms. The lowest BCUT2D eigenvalue weighted by Gasteiger charge is -2.18. The fourth-order valence-corrected chi connectivity index (χ4v) is 4.35. The van der Waals surface area contributed by atoms with Crippen molar-refractivity contribution in [3.63, 3.8) is 0 Å². The van der Waals surface area contributed by atoms with Crippen LogP contribution in [-0.4, -0.2) is 29.2 Å². The summed E-state index contributed by atoms with van der Waals surface area (Å²) in [6.45, 7) is 8.06. The highest BCUT2D eigenvalue weighted by Crippen LogP contribution is 2.40. The molecule has 0 saturated heterocycles. The van der Waals surface area contributed by atoms with Crippen molar-refractivity contribution >= 4 is 29.2 Å². The molecule has 0 amide bonds. The number of aromatic nitrogens is 2. The number of imidazole rings is 1. The van der Waals surface area contributed by atoms with Gasteiger partial charge in [-0.3, -0.25) is 4.57 Å². The van der Waals surface area contributed by atoms with Crippen molar-refractivity contribution in [3.05, 3.63) is 87.0 Å². The Kier molecular flexibility index (Phi) is 7.20. The minimum Gasteiger partial charge on any atom is -0.496 e. The number of aryl methyl sites for hydroxylation is 3. The summed E-state index contributed by atoms with van der Waals surface area (Å²) in [6, 6.07) is 17.0. The van der Waals surface area contributed by atoms with Gasteiger partial charge in [-0.2, -0.15) is 0 Å². The molecule has 1 aromatic heterocycles. The molecular weight excluding hydrogens is 483 g/mol. The Morgan fingerprint density at radius 1 is 0.914 bits per heavy atom. The Labute approximate surface area is 215 Å². The highest BCUT2D eigenvalue weighted by Gasteiger charge is 2.29. The summed E-state index contributed by atoms with van der Waals surface area (Å²) in [5.41, 5.74) is 6.16. The zero-order valence-corrected chi connectivity index (χ0v) is 21.8. The van der Waals surface area contributed by atoms with Gasteiger partial charge in [0.15, 0.2) is 5.69 Å². The number of methoxy groups -OCH3 is 1. The third kappa shape index (κ3) is 4.79. The molecule has 0 aliphatic heterocycles. The van der Waals surface area contributed by atoms with Crippen molar-refractivity contribution in [2.24, 2.45) is 0 Å². The normalized spacial score (nSPS) is 10.9. The van der Waals surface area contributed by atoms with Gasteiger partial charge in [-0.05, 0) is 80.8 Å². The Hall–Kier alpha value is -3.28. The van der Waals surface area contributed by atoms with Crippen LogP contribution in [0, 0.1) is 20.8 Å². The SMILES string of the molecule is CCOC(=O)c1nc(-c2ccc(C)c(C)c2)n(-c2cc(Cl)ccc2C)c1-c1cc(Cl)ccc1OC. The monoisotopic (exact) mass is 508 g/mol. The van der Waals surface area contributed by atoms with Gasteiger partial charge in [-0.1, -0.05) is 41.4 Å². The van der Waals surface area contributed by atoms with E-state index in [1.807, 2.05) is 48.7 Å². The number of carbonyl (C=O) groups is 1. The predicted octanol–water partition coefficient (Wildman–Crippen LogP) is 7.62. The number of benzene rings is 3. The minimum atomic E-state index is -0.534. The summed E-state index contributed by atoms with van der Waals surface area (Å²) < 4.78 is 13.0. The molecule has 3 aromatic carbocycles. The largest absolute Gasteiger partial charge is 0.496 e. The van der Waals surface area contributed by atoms with Crippen LogP contribution in [0.5, 0.6) is 5.75 Å². The lowest BCUT2D eigenvalue weighted by molar-refractivity contribution is 0.0521. The van der Waals surface area contributed by atoms with E-state index >= 15 is 0 Å². The first-order chi connectivity index (χ1) is 16.7. The van der Waals surface area contributed by atoms with Gasteiger partial charge >= 0.3 is 5.97 Å². The molecule has 0 aliphatic carbocycles. The maximum Gasteiger partial charge on any atom is 0.359 e. The quantitative estimate of drug-likeness (QED) is 0.251. The summed E-state index contributed by atoms with van der Waals surface area (Å²) >= 11 is 12.9. The van der Waals surface area contributed by atoms with Crippen molar-refractivity contribution in [3.8, 4) is 34.1 Å². The van der Waals surface area contributed by atoms with Crippen LogP contribution < -0.4 is 4.74 Å². The maximum absolute atomic E-state index is 13.2. The molecule has 0 saturated carbocycles. The molecule has 0 N–H and O–H groups in total. The van der Waals surface area contributed by atoms with Crippen LogP contribution >= 0.6 is 23.2 Å². The Bertz CT molecular complexity index is 1430. The number of hydrogen-bond acceptors (Lipinski definition) is 4. The molecular formula is C28H26Cl2N2O3. The van der Waals surface area contributed by atoms with E-state index in [4.69, 9.17) is 37.7 Å². The molecule has 4 aromatic rings. The van der Waals surface area contributed by atoms with Crippen molar-refractivity contribution in [2.45, 2.75) is 27.7 Å². The molecule has 0 radical (unpaired) electrons. The summed E-state index contributed by atoms with van der Waals surface area (Å²) in [5, 5.41) is 1.06. The van der Waals surface area contributed by atoms with Crippen molar-refractivity contribution in [1.82, 2.24) is 9.55 Å². The van der Waals surface area contributed by atoms with Gasteiger partial charge in [-0.25, -0.2) is 9.78 Å². The van der Waals surface area contributed by atoms with Crippen LogP contribution in [0.2, 0.25) is 10.0 Å². The summed E-state index contributed by atoms with van der Waals surface area (Å²) in [6.07, 6.45) is 0. The van der Waals surface area contributed by atoms with Gasteiger partial charge in [0.1, 0.15) is 11.6 Å². The first kappa shape index (κ1) is 24.8. The highest BCUT2D eigenvalue weighted by atomic mass is 35.5. The molecule has 5 nitrogen and oxygen atoms in total. The van der Waals surface area contributed by atoms with Gasteiger partial charge in [0, 0.05) is 21.2 Å². The number of esters is 1. The molecule has 180 valence electrons. The van der Waals surface area contributed by atoms with Crippen LogP contribution in [0.25, 0.3) is 28.3 Å². The first-order valence-corrected chi connectivity index (χ1v) is 12.0. The number of hydrogen-bond donors (Lipinski definition) is 0. The van der Waals surface area contributed by atoms with Crippen LogP contribution in [0.3, 0.4) is 0 Å². The van der Waals surface area contributed by atoms with E-state index < -0.39 is 5.97 Å². The average Bonchev–Trinajstić information content (AvgIpc) is 3.23. The smallest absolute Gasteiger partial charge is 0.359 e. The summed E-state index contributed by atoms with van der Waals surface area (Å²) in [7, 11) is 1.58. The highest BCUT2D eigenvalue weighted by molar-refractivity contribution is 6.31. The second-order valence-electron chi connectivity index (χ2n) is 8.26. The zero-order chi connectivity index (χ0) is 25.3. The van der Waals surface area contributed by atoms with E-state index in [-0.39, 0.29) is 12.3 Å². The Balaban J connectivity index is 2.19. The Morgan fingerprint density at radius 2 is 1.60 bits per heavy atom. The second-order valence-corrected chi connectivity index (χ2v) is 9.14.